The second-order valence-corrected chi connectivity index (χ2v) is 10.5. The summed E-state index contributed by atoms with van der Waals surface area (Å²) in [6.45, 7) is -0.473. The molecule has 1 aromatic heterocycles. The Morgan fingerprint density at radius 1 is 1.16 bits per heavy atom. The van der Waals surface area contributed by atoms with Crippen LogP contribution in [0.1, 0.15) is 24.6 Å². The average Bonchev–Trinajstić information content (AvgIpc) is 3.05. The number of hydrogen-bond acceptors (Lipinski definition) is 10. The summed E-state index contributed by atoms with van der Waals surface area (Å²) in [5, 5.41) is 0. The molecule has 0 saturated carbocycles. The molecule has 16 nitrogen and oxygen atoms in total. The molecule has 0 amide bonds. The number of phosphoric acid groups is 3. The molecule has 0 bridgehead atoms. The maximum Gasteiger partial charge on any atom is 0.490 e. The molecule has 1 aliphatic heterocycles. The molecule has 31 heavy (non-hydrogen) atoms. The van der Waals surface area contributed by atoms with E-state index in [2.05, 4.69) is 18.1 Å². The lowest BCUT2D eigenvalue weighted by atomic mass is 10.2. The van der Waals surface area contributed by atoms with E-state index in [0.717, 1.165) is 4.57 Å². The third-order valence-corrected chi connectivity index (χ3v) is 7.47. The van der Waals surface area contributed by atoms with Crippen LogP contribution < -0.4 is 17.0 Å². The fraction of sp³-hybridized carbons (Fsp3) is 0.500. The predicted octanol–water partition coefficient (Wildman–Crippen LogP) is -0.471. The van der Waals surface area contributed by atoms with E-state index >= 15 is 0 Å². The van der Waals surface area contributed by atoms with Crippen LogP contribution in [-0.2, 0) is 31.6 Å². The minimum absolute atomic E-state index is 0.144. The van der Waals surface area contributed by atoms with Crippen molar-refractivity contribution in [2.45, 2.75) is 25.2 Å². The summed E-state index contributed by atoms with van der Waals surface area (Å²) in [7, 11) is -16.4. The number of hydrogen-bond donors (Lipinski definition) is 6. The van der Waals surface area contributed by atoms with Crippen molar-refractivity contribution in [1.82, 2.24) is 9.55 Å². The lowest BCUT2D eigenvalue weighted by molar-refractivity contribution is -0.0243. The van der Waals surface area contributed by atoms with Crippen LogP contribution >= 0.6 is 23.5 Å². The van der Waals surface area contributed by atoms with E-state index in [1.54, 1.807) is 0 Å². The SMILES string of the molecule is NC/C=C/c1cn([C@H]2CC[C@@H](COP(=O)(O)OP(=O)(O)OP(=O)(O)O)O2)c(=O)[nH]c1=O. The summed E-state index contributed by atoms with van der Waals surface area (Å²) in [5.74, 6) is 0. The summed E-state index contributed by atoms with van der Waals surface area (Å²) in [5.41, 5.74) is 4.09. The quantitative estimate of drug-likeness (QED) is 0.219. The Kier molecular flexibility index (Phi) is 8.50. The molecule has 176 valence electrons. The van der Waals surface area contributed by atoms with Crippen LogP contribution in [0.3, 0.4) is 0 Å². The number of rotatable bonds is 10. The van der Waals surface area contributed by atoms with E-state index in [1.807, 2.05) is 0 Å². The van der Waals surface area contributed by atoms with Crippen molar-refractivity contribution in [3.05, 3.63) is 38.7 Å². The Hall–Kier alpha value is -1.25. The highest BCUT2D eigenvalue weighted by Gasteiger charge is 2.41. The number of ether oxygens (including phenoxy) is 1. The van der Waals surface area contributed by atoms with Crippen molar-refractivity contribution in [3.8, 4) is 0 Å². The Morgan fingerprint density at radius 3 is 2.45 bits per heavy atom. The minimum atomic E-state index is -5.62. The molecule has 1 saturated heterocycles. The molecule has 1 fully saturated rings. The maximum absolute atomic E-state index is 12.1. The van der Waals surface area contributed by atoms with Crippen LogP contribution in [0.15, 0.2) is 21.9 Å². The van der Waals surface area contributed by atoms with Crippen LogP contribution in [0.5, 0.6) is 0 Å². The number of nitrogens with two attached hydrogens (primary N) is 1. The zero-order chi connectivity index (χ0) is 23.4. The first-order valence-corrected chi connectivity index (χ1v) is 12.9. The summed E-state index contributed by atoms with van der Waals surface area (Å²) in [6.07, 6.45) is 2.91. The van der Waals surface area contributed by atoms with Gasteiger partial charge < -0.3 is 30.0 Å². The van der Waals surface area contributed by atoms with Gasteiger partial charge in [-0.2, -0.15) is 8.62 Å². The van der Waals surface area contributed by atoms with Gasteiger partial charge in [-0.15, -0.1) is 0 Å². The Labute approximate surface area is 173 Å². The van der Waals surface area contributed by atoms with Gasteiger partial charge >= 0.3 is 29.2 Å². The number of aromatic amines is 1. The van der Waals surface area contributed by atoms with E-state index < -0.39 is 53.7 Å². The highest BCUT2D eigenvalue weighted by Crippen LogP contribution is 2.66. The van der Waals surface area contributed by atoms with Crippen LogP contribution in [0.4, 0.5) is 0 Å². The fourth-order valence-electron chi connectivity index (χ4n) is 2.52. The molecule has 2 heterocycles. The van der Waals surface area contributed by atoms with Crippen molar-refractivity contribution < 1.29 is 51.2 Å². The molecule has 4 atom stereocenters. The van der Waals surface area contributed by atoms with Gasteiger partial charge in [-0.05, 0) is 12.8 Å². The largest absolute Gasteiger partial charge is 0.490 e. The Balaban J connectivity index is 2.01. The standard InChI is InChI=1S/C12H20N3O13P3/c13-5-1-2-8-6-15(12(17)14-11(8)16)10-4-3-9(26-10)7-25-30(21,22)28-31(23,24)27-29(18,19)20/h1-2,6,9-10H,3-5,7,13H2,(H,21,22)(H,23,24)(H,14,16,17)(H2,18,19,20)/b2-1+/t9-,10+/m0/s1. The third-order valence-electron chi connectivity index (χ3n) is 3.66. The first-order valence-electron chi connectivity index (χ1n) is 8.37. The molecule has 0 spiro atoms. The predicted molar refractivity (Wildman–Crippen MR) is 102 cm³/mol. The van der Waals surface area contributed by atoms with Crippen molar-refractivity contribution in [2.24, 2.45) is 5.73 Å². The summed E-state index contributed by atoms with van der Waals surface area (Å²) < 4.78 is 52.0. The molecule has 0 aliphatic carbocycles. The van der Waals surface area contributed by atoms with Gasteiger partial charge in [-0.25, -0.2) is 18.5 Å². The molecule has 2 unspecified atom stereocenters. The molecule has 0 aromatic carbocycles. The normalized spacial score (nSPS) is 23.6. The number of aromatic nitrogens is 2. The van der Waals surface area contributed by atoms with Gasteiger partial charge in [-0.1, -0.05) is 12.2 Å². The van der Waals surface area contributed by atoms with Gasteiger partial charge in [0.2, 0.25) is 0 Å². The minimum Gasteiger partial charge on any atom is -0.352 e. The van der Waals surface area contributed by atoms with Crippen molar-refractivity contribution in [3.63, 3.8) is 0 Å². The molecular weight excluding hydrogens is 487 g/mol. The first kappa shape index (κ1) is 26.0. The Morgan fingerprint density at radius 2 is 1.84 bits per heavy atom. The zero-order valence-corrected chi connectivity index (χ0v) is 18.2. The topological polar surface area (TPSA) is 250 Å². The molecule has 19 heteroatoms. The van der Waals surface area contributed by atoms with Crippen LogP contribution in [0.25, 0.3) is 6.08 Å². The third kappa shape index (κ3) is 8.31. The molecule has 1 aliphatic rings. The Bertz CT molecular complexity index is 1080. The van der Waals surface area contributed by atoms with Crippen LogP contribution in [0.2, 0.25) is 0 Å². The number of nitrogens with one attached hydrogen (secondary N) is 1. The highest BCUT2D eigenvalue weighted by atomic mass is 31.3. The van der Waals surface area contributed by atoms with Crippen LogP contribution in [0, 0.1) is 0 Å². The highest BCUT2D eigenvalue weighted by molar-refractivity contribution is 7.66. The molecule has 1 aromatic rings. The summed E-state index contributed by atoms with van der Waals surface area (Å²) in [6, 6.07) is 0. The van der Waals surface area contributed by atoms with Gasteiger partial charge in [0, 0.05) is 12.7 Å². The van der Waals surface area contributed by atoms with E-state index in [9.17, 15) is 28.2 Å². The molecule has 7 N–H and O–H groups in total. The van der Waals surface area contributed by atoms with Gasteiger partial charge in [0.25, 0.3) is 5.56 Å². The molecule has 0 radical (unpaired) electrons. The van der Waals surface area contributed by atoms with Gasteiger partial charge in [-0.3, -0.25) is 18.9 Å². The lowest BCUT2D eigenvalue weighted by Gasteiger charge is -2.19. The first-order chi connectivity index (χ1) is 14.2. The fourth-order valence-corrected chi connectivity index (χ4v) is 5.57. The lowest BCUT2D eigenvalue weighted by Crippen LogP contribution is -2.33. The van der Waals surface area contributed by atoms with E-state index in [1.165, 1.54) is 18.3 Å². The summed E-state index contributed by atoms with van der Waals surface area (Å²) >= 11 is 0. The second-order valence-electron chi connectivity index (χ2n) is 6.07. The van der Waals surface area contributed by atoms with E-state index in [-0.39, 0.29) is 24.9 Å². The molecule has 2 rings (SSSR count). The van der Waals surface area contributed by atoms with Gasteiger partial charge in [0.1, 0.15) is 6.23 Å². The number of H-pyrrole nitrogens is 1. The molecular formula is C12H20N3O13P3. The average molecular weight is 507 g/mol. The van der Waals surface area contributed by atoms with Gasteiger partial charge in [0.15, 0.2) is 0 Å². The number of phosphoric ester groups is 1. The monoisotopic (exact) mass is 507 g/mol. The van der Waals surface area contributed by atoms with Crippen molar-refractivity contribution in [1.29, 1.82) is 0 Å². The smallest absolute Gasteiger partial charge is 0.352 e. The van der Waals surface area contributed by atoms with Crippen molar-refractivity contribution >= 4 is 29.5 Å². The van der Waals surface area contributed by atoms with E-state index in [0.29, 0.717) is 0 Å². The van der Waals surface area contributed by atoms with Crippen LogP contribution in [-0.4, -0.2) is 48.4 Å². The summed E-state index contributed by atoms with van der Waals surface area (Å²) in [4.78, 5) is 61.5. The van der Waals surface area contributed by atoms with Gasteiger partial charge in [0.05, 0.1) is 18.3 Å². The zero-order valence-electron chi connectivity index (χ0n) is 15.5. The second kappa shape index (κ2) is 10.1. The maximum atomic E-state index is 12.1. The van der Waals surface area contributed by atoms with E-state index in [4.69, 9.17) is 25.2 Å². The van der Waals surface area contributed by atoms with Crippen molar-refractivity contribution in [2.75, 3.05) is 13.2 Å². The number of nitrogens with zero attached hydrogens (tertiary/aromatic N) is 1.